The van der Waals surface area contributed by atoms with E-state index >= 15 is 0 Å². The molecule has 0 radical (unpaired) electrons. The van der Waals surface area contributed by atoms with Gasteiger partial charge in [-0.2, -0.15) is 0 Å². The van der Waals surface area contributed by atoms with Crippen molar-refractivity contribution in [2.24, 2.45) is 5.73 Å². The quantitative estimate of drug-likeness (QED) is 0.680. The number of hydrogen-bond acceptors (Lipinski definition) is 4. The predicted octanol–water partition coefficient (Wildman–Crippen LogP) is 0.408. The van der Waals surface area contributed by atoms with Gasteiger partial charge >= 0.3 is 12.1 Å². The Bertz CT molecular complexity index is 298. The van der Waals surface area contributed by atoms with Gasteiger partial charge in [0, 0.05) is 12.6 Å². The molecule has 0 aromatic rings. The molecule has 6 heteroatoms. The minimum absolute atomic E-state index is 0.228. The van der Waals surface area contributed by atoms with E-state index in [2.05, 4.69) is 0 Å². The minimum Gasteiger partial charge on any atom is -0.480 e. The Labute approximate surface area is 94.3 Å². The van der Waals surface area contributed by atoms with E-state index in [9.17, 15) is 9.59 Å². The molecule has 1 fully saturated rings. The fourth-order valence-electron chi connectivity index (χ4n) is 1.62. The summed E-state index contributed by atoms with van der Waals surface area (Å²) in [6.07, 6.45) is -0.345. The first-order chi connectivity index (χ1) is 7.20. The van der Waals surface area contributed by atoms with E-state index in [1.807, 2.05) is 0 Å². The number of likely N-dealkylation sites (tertiary alicyclic amines) is 1. The minimum atomic E-state index is -1.04. The van der Waals surface area contributed by atoms with E-state index in [1.54, 1.807) is 20.8 Å². The van der Waals surface area contributed by atoms with Crippen LogP contribution in [-0.2, 0) is 9.53 Å². The lowest BCUT2D eigenvalue weighted by Crippen LogP contribution is -2.43. The van der Waals surface area contributed by atoms with Gasteiger partial charge in [0.15, 0.2) is 0 Å². The van der Waals surface area contributed by atoms with Crippen LogP contribution in [0.15, 0.2) is 0 Å². The van der Waals surface area contributed by atoms with Gasteiger partial charge in [-0.15, -0.1) is 0 Å². The van der Waals surface area contributed by atoms with Crippen LogP contribution in [0.1, 0.15) is 27.2 Å². The molecule has 1 aliphatic rings. The molecule has 92 valence electrons. The van der Waals surface area contributed by atoms with E-state index in [0.717, 1.165) is 0 Å². The molecule has 16 heavy (non-hydrogen) atoms. The van der Waals surface area contributed by atoms with E-state index in [0.29, 0.717) is 0 Å². The Balaban J connectivity index is 2.71. The molecule has 3 N–H and O–H groups in total. The second-order valence-electron chi connectivity index (χ2n) is 4.98. The Morgan fingerprint density at radius 3 is 2.44 bits per heavy atom. The van der Waals surface area contributed by atoms with Crippen LogP contribution in [0.5, 0.6) is 0 Å². The van der Waals surface area contributed by atoms with Crippen LogP contribution in [0.4, 0.5) is 4.79 Å². The molecule has 6 nitrogen and oxygen atoms in total. The smallest absolute Gasteiger partial charge is 0.411 e. The maximum Gasteiger partial charge on any atom is 0.411 e. The summed E-state index contributed by atoms with van der Waals surface area (Å²) in [5.74, 6) is -1.04. The number of carbonyl (C=O) groups is 2. The summed E-state index contributed by atoms with van der Waals surface area (Å²) >= 11 is 0. The van der Waals surface area contributed by atoms with E-state index in [4.69, 9.17) is 15.6 Å². The third kappa shape index (κ3) is 3.10. The van der Waals surface area contributed by atoms with Crippen LogP contribution < -0.4 is 5.73 Å². The number of nitrogens with two attached hydrogens (primary N) is 1. The first kappa shape index (κ1) is 12.8. The highest BCUT2D eigenvalue weighted by Crippen LogP contribution is 2.20. The summed E-state index contributed by atoms with van der Waals surface area (Å²) in [6.45, 7) is 5.43. The molecule has 0 saturated carbocycles. The van der Waals surface area contributed by atoms with Crippen molar-refractivity contribution < 1.29 is 19.4 Å². The molecule has 1 heterocycles. The molecular formula is C10H18N2O4. The van der Waals surface area contributed by atoms with Gasteiger partial charge in [-0.25, -0.2) is 9.59 Å². The highest BCUT2D eigenvalue weighted by molar-refractivity contribution is 5.81. The van der Waals surface area contributed by atoms with E-state index < -0.39 is 23.7 Å². The van der Waals surface area contributed by atoms with Gasteiger partial charge in [0.1, 0.15) is 11.6 Å². The molecule has 2 atom stereocenters. The van der Waals surface area contributed by atoms with Crippen LogP contribution in [0.3, 0.4) is 0 Å². The average molecular weight is 230 g/mol. The molecular weight excluding hydrogens is 212 g/mol. The van der Waals surface area contributed by atoms with Gasteiger partial charge < -0.3 is 15.6 Å². The zero-order valence-corrected chi connectivity index (χ0v) is 9.77. The van der Waals surface area contributed by atoms with Gasteiger partial charge in [-0.1, -0.05) is 0 Å². The lowest BCUT2D eigenvalue weighted by Gasteiger charge is -2.26. The first-order valence-corrected chi connectivity index (χ1v) is 5.18. The molecule has 1 aliphatic heterocycles. The molecule has 0 aromatic heterocycles. The third-order valence-corrected chi connectivity index (χ3v) is 2.25. The van der Waals surface area contributed by atoms with Gasteiger partial charge in [-0.3, -0.25) is 4.90 Å². The zero-order valence-electron chi connectivity index (χ0n) is 9.77. The van der Waals surface area contributed by atoms with Gasteiger partial charge in [0.05, 0.1) is 0 Å². The number of carboxylic acids is 1. The van der Waals surface area contributed by atoms with Crippen molar-refractivity contribution in [1.82, 2.24) is 4.90 Å². The van der Waals surface area contributed by atoms with Crippen LogP contribution in [0.25, 0.3) is 0 Å². The van der Waals surface area contributed by atoms with E-state index in [1.165, 1.54) is 4.90 Å². The number of carboxylic acid groups (broad SMARTS) is 1. The van der Waals surface area contributed by atoms with Gasteiger partial charge in [0.2, 0.25) is 0 Å². The lowest BCUT2D eigenvalue weighted by atomic mass is 10.2. The van der Waals surface area contributed by atoms with Crippen molar-refractivity contribution in [2.75, 3.05) is 6.54 Å². The second kappa shape index (κ2) is 4.29. The summed E-state index contributed by atoms with van der Waals surface area (Å²) in [5.41, 5.74) is 5.01. The standard InChI is InChI=1S/C10H18N2O4/c1-10(2,3)16-9(15)12-5-6(11)4-7(12)8(13)14/h6-7H,4-5,11H2,1-3H3,(H,13,14)/t6-,7-/m0/s1. The molecule has 1 amide bonds. The van der Waals surface area contributed by atoms with Crippen LogP contribution in [-0.4, -0.2) is 46.3 Å². The number of aliphatic carboxylic acids is 1. The van der Waals surface area contributed by atoms with Crippen molar-refractivity contribution in [2.45, 2.75) is 44.9 Å². The molecule has 0 spiro atoms. The van der Waals surface area contributed by atoms with Crippen LogP contribution in [0.2, 0.25) is 0 Å². The normalized spacial score (nSPS) is 25.6. The Kier molecular flexibility index (Phi) is 3.42. The van der Waals surface area contributed by atoms with Gasteiger partial charge in [0.25, 0.3) is 0 Å². The van der Waals surface area contributed by atoms with Crippen molar-refractivity contribution in [3.63, 3.8) is 0 Å². The highest BCUT2D eigenvalue weighted by atomic mass is 16.6. The summed E-state index contributed by atoms with van der Waals surface area (Å²) < 4.78 is 5.12. The fraction of sp³-hybridized carbons (Fsp3) is 0.800. The number of ether oxygens (including phenoxy) is 1. The molecule has 1 saturated heterocycles. The van der Waals surface area contributed by atoms with Crippen molar-refractivity contribution >= 4 is 12.1 Å². The Morgan fingerprint density at radius 2 is 2.00 bits per heavy atom. The number of rotatable bonds is 1. The summed E-state index contributed by atoms with van der Waals surface area (Å²) in [7, 11) is 0. The summed E-state index contributed by atoms with van der Waals surface area (Å²) in [6, 6.07) is -1.17. The number of carbonyl (C=O) groups excluding carboxylic acids is 1. The van der Waals surface area contributed by atoms with Crippen molar-refractivity contribution in [3.8, 4) is 0 Å². The second-order valence-corrected chi connectivity index (χ2v) is 4.98. The molecule has 0 bridgehead atoms. The predicted molar refractivity (Wildman–Crippen MR) is 57.0 cm³/mol. The monoisotopic (exact) mass is 230 g/mol. The molecule has 0 aliphatic carbocycles. The SMILES string of the molecule is CC(C)(C)OC(=O)N1C[C@@H](N)C[C@H]1C(=O)O. The number of hydrogen-bond donors (Lipinski definition) is 2. The van der Waals surface area contributed by atoms with Gasteiger partial charge in [-0.05, 0) is 27.2 Å². The molecule has 0 unspecified atom stereocenters. The molecule has 1 rings (SSSR count). The third-order valence-electron chi connectivity index (χ3n) is 2.25. The highest BCUT2D eigenvalue weighted by Gasteiger charge is 2.40. The molecule has 0 aromatic carbocycles. The summed E-state index contributed by atoms with van der Waals surface area (Å²) in [5, 5.41) is 8.94. The van der Waals surface area contributed by atoms with Crippen molar-refractivity contribution in [1.29, 1.82) is 0 Å². The lowest BCUT2D eigenvalue weighted by molar-refractivity contribution is -0.142. The van der Waals surface area contributed by atoms with Crippen LogP contribution in [0, 0.1) is 0 Å². The maximum atomic E-state index is 11.7. The van der Waals surface area contributed by atoms with E-state index in [-0.39, 0.29) is 19.0 Å². The zero-order chi connectivity index (χ0) is 12.5. The Morgan fingerprint density at radius 1 is 1.44 bits per heavy atom. The average Bonchev–Trinajstić information content (AvgIpc) is 2.44. The first-order valence-electron chi connectivity index (χ1n) is 5.18. The number of nitrogens with zero attached hydrogens (tertiary/aromatic N) is 1. The van der Waals surface area contributed by atoms with Crippen LogP contribution >= 0.6 is 0 Å². The summed E-state index contributed by atoms with van der Waals surface area (Å²) in [4.78, 5) is 23.8. The number of amides is 1. The largest absolute Gasteiger partial charge is 0.480 e. The van der Waals surface area contributed by atoms with Crippen molar-refractivity contribution in [3.05, 3.63) is 0 Å². The maximum absolute atomic E-state index is 11.7. The fourth-order valence-corrected chi connectivity index (χ4v) is 1.62. The Hall–Kier alpha value is -1.30. The topological polar surface area (TPSA) is 92.9 Å².